The first-order valence-electron chi connectivity index (χ1n) is 6.02. The van der Waals surface area contributed by atoms with Gasteiger partial charge >= 0.3 is 0 Å². The summed E-state index contributed by atoms with van der Waals surface area (Å²) in [5, 5.41) is 18.1. The number of hydrogen-bond donors (Lipinski definition) is 3. The van der Waals surface area contributed by atoms with Crippen molar-refractivity contribution in [3.05, 3.63) is 35.4 Å². The standard InChI is InChI=1S/C13H16N2O4/c14-11(16)5-9(6-12(17)18)15-7-8-3-1-2-4-10(8)13(15)19/h1-4,9,12,17-18H,5-7H2,(H2,14,16). The van der Waals surface area contributed by atoms with E-state index in [0.29, 0.717) is 12.1 Å². The van der Waals surface area contributed by atoms with Crippen molar-refractivity contribution in [2.24, 2.45) is 5.73 Å². The van der Waals surface area contributed by atoms with Crippen LogP contribution in [0, 0.1) is 0 Å². The largest absolute Gasteiger partial charge is 0.370 e. The Labute approximate surface area is 110 Å². The SMILES string of the molecule is NC(=O)CC(CC(O)O)N1Cc2ccccc2C1=O. The summed E-state index contributed by atoms with van der Waals surface area (Å²) in [7, 11) is 0. The van der Waals surface area contributed by atoms with Gasteiger partial charge in [-0.15, -0.1) is 0 Å². The summed E-state index contributed by atoms with van der Waals surface area (Å²) in [6.45, 7) is 0.361. The molecule has 0 saturated carbocycles. The van der Waals surface area contributed by atoms with Crippen molar-refractivity contribution in [3.63, 3.8) is 0 Å². The third kappa shape index (κ3) is 2.91. The van der Waals surface area contributed by atoms with Gasteiger partial charge in [0.1, 0.15) is 0 Å². The Morgan fingerprint density at radius 3 is 2.63 bits per heavy atom. The van der Waals surface area contributed by atoms with Crippen LogP contribution in [-0.4, -0.2) is 39.3 Å². The van der Waals surface area contributed by atoms with Gasteiger partial charge in [-0.1, -0.05) is 18.2 Å². The summed E-state index contributed by atoms with van der Waals surface area (Å²) in [6, 6.07) is 6.56. The van der Waals surface area contributed by atoms with Crippen molar-refractivity contribution in [2.45, 2.75) is 31.7 Å². The van der Waals surface area contributed by atoms with Crippen LogP contribution < -0.4 is 5.73 Å². The predicted molar refractivity (Wildman–Crippen MR) is 66.8 cm³/mol. The lowest BCUT2D eigenvalue weighted by Gasteiger charge is -2.27. The van der Waals surface area contributed by atoms with Crippen LogP contribution in [0.5, 0.6) is 0 Å². The smallest absolute Gasteiger partial charge is 0.254 e. The lowest BCUT2D eigenvalue weighted by Crippen LogP contribution is -2.40. The van der Waals surface area contributed by atoms with Crippen molar-refractivity contribution < 1.29 is 19.8 Å². The highest BCUT2D eigenvalue weighted by atomic mass is 16.5. The van der Waals surface area contributed by atoms with E-state index >= 15 is 0 Å². The molecule has 102 valence electrons. The Hall–Kier alpha value is -1.92. The van der Waals surface area contributed by atoms with E-state index < -0.39 is 18.2 Å². The van der Waals surface area contributed by atoms with E-state index in [1.165, 1.54) is 4.90 Å². The van der Waals surface area contributed by atoms with Gasteiger partial charge in [-0.25, -0.2) is 0 Å². The highest BCUT2D eigenvalue weighted by Crippen LogP contribution is 2.26. The molecule has 6 nitrogen and oxygen atoms in total. The van der Waals surface area contributed by atoms with Crippen LogP contribution in [0.2, 0.25) is 0 Å². The summed E-state index contributed by atoms with van der Waals surface area (Å²) in [5.74, 6) is -0.781. The number of nitrogens with two attached hydrogens (primary N) is 1. The fourth-order valence-electron chi connectivity index (χ4n) is 2.37. The Morgan fingerprint density at radius 2 is 2.05 bits per heavy atom. The number of rotatable bonds is 5. The molecule has 0 bridgehead atoms. The van der Waals surface area contributed by atoms with Gasteiger partial charge in [0.05, 0.1) is 0 Å². The van der Waals surface area contributed by atoms with Gasteiger partial charge in [-0.05, 0) is 11.6 Å². The number of nitrogens with zero attached hydrogens (tertiary/aromatic N) is 1. The van der Waals surface area contributed by atoms with E-state index in [4.69, 9.17) is 15.9 Å². The number of aliphatic hydroxyl groups excluding tert-OH is 1. The number of aliphatic hydroxyl groups is 2. The molecule has 1 unspecified atom stereocenters. The highest BCUT2D eigenvalue weighted by Gasteiger charge is 2.33. The number of carbonyl (C=O) groups is 2. The first kappa shape index (κ1) is 13.5. The molecule has 2 amide bonds. The molecule has 0 saturated heterocycles. The Bertz CT molecular complexity index is 501. The number of hydrogen-bond acceptors (Lipinski definition) is 4. The number of primary amides is 1. The Kier molecular flexibility index (Phi) is 3.82. The van der Waals surface area contributed by atoms with Crippen LogP contribution in [0.25, 0.3) is 0 Å². The number of benzene rings is 1. The van der Waals surface area contributed by atoms with Gasteiger partial charge in [0, 0.05) is 31.0 Å². The molecule has 0 radical (unpaired) electrons. The van der Waals surface area contributed by atoms with Gasteiger partial charge in [-0.2, -0.15) is 0 Å². The van der Waals surface area contributed by atoms with Crippen molar-refractivity contribution in [1.29, 1.82) is 0 Å². The highest BCUT2D eigenvalue weighted by molar-refractivity contribution is 5.98. The molecule has 1 aromatic rings. The fraction of sp³-hybridized carbons (Fsp3) is 0.385. The Balaban J connectivity index is 2.20. The average Bonchev–Trinajstić information content (AvgIpc) is 2.65. The molecule has 0 aromatic heterocycles. The fourth-order valence-corrected chi connectivity index (χ4v) is 2.37. The first-order valence-corrected chi connectivity index (χ1v) is 6.02. The minimum Gasteiger partial charge on any atom is -0.370 e. The summed E-state index contributed by atoms with van der Waals surface area (Å²) in [4.78, 5) is 24.7. The van der Waals surface area contributed by atoms with Crippen molar-refractivity contribution in [2.75, 3.05) is 0 Å². The molecule has 0 spiro atoms. The molecule has 0 aliphatic carbocycles. The summed E-state index contributed by atoms with van der Waals surface area (Å²) >= 11 is 0. The zero-order chi connectivity index (χ0) is 14.0. The molecule has 1 aromatic carbocycles. The number of amides is 2. The second kappa shape index (κ2) is 5.38. The minimum absolute atomic E-state index is 0.0860. The molecule has 1 heterocycles. The van der Waals surface area contributed by atoms with Crippen LogP contribution >= 0.6 is 0 Å². The normalized spacial score (nSPS) is 15.7. The van der Waals surface area contributed by atoms with Crippen LogP contribution in [-0.2, 0) is 11.3 Å². The third-order valence-corrected chi connectivity index (χ3v) is 3.21. The second-order valence-electron chi connectivity index (χ2n) is 4.63. The second-order valence-corrected chi connectivity index (χ2v) is 4.63. The van der Waals surface area contributed by atoms with E-state index in [9.17, 15) is 9.59 Å². The van der Waals surface area contributed by atoms with Crippen molar-refractivity contribution in [3.8, 4) is 0 Å². The quantitative estimate of drug-likeness (QED) is 0.629. The van der Waals surface area contributed by atoms with Crippen LogP contribution in [0.4, 0.5) is 0 Å². The zero-order valence-electron chi connectivity index (χ0n) is 10.3. The van der Waals surface area contributed by atoms with Crippen LogP contribution in [0.15, 0.2) is 24.3 Å². The molecule has 1 aliphatic heterocycles. The summed E-state index contributed by atoms with van der Waals surface area (Å²) in [5.41, 5.74) is 6.60. The number of fused-ring (bicyclic) bond motifs is 1. The predicted octanol–water partition coefficient (Wildman–Crippen LogP) is -0.413. The van der Waals surface area contributed by atoms with Crippen LogP contribution in [0.1, 0.15) is 28.8 Å². The van der Waals surface area contributed by atoms with Crippen LogP contribution in [0.3, 0.4) is 0 Å². The lowest BCUT2D eigenvalue weighted by molar-refractivity contribution is -0.120. The molecule has 6 heteroatoms. The average molecular weight is 264 g/mol. The minimum atomic E-state index is -1.58. The summed E-state index contributed by atoms with van der Waals surface area (Å²) in [6.07, 6.45) is -1.76. The van der Waals surface area contributed by atoms with Gasteiger partial charge in [0.2, 0.25) is 5.91 Å². The Morgan fingerprint density at radius 1 is 1.37 bits per heavy atom. The van der Waals surface area contributed by atoms with Gasteiger partial charge in [-0.3, -0.25) is 9.59 Å². The van der Waals surface area contributed by atoms with Gasteiger partial charge in [0.15, 0.2) is 6.29 Å². The van der Waals surface area contributed by atoms with Gasteiger partial charge in [0.25, 0.3) is 5.91 Å². The molecule has 1 aliphatic rings. The maximum absolute atomic E-state index is 12.2. The topological polar surface area (TPSA) is 104 Å². The summed E-state index contributed by atoms with van der Waals surface area (Å²) < 4.78 is 0. The van der Waals surface area contributed by atoms with E-state index in [0.717, 1.165) is 5.56 Å². The maximum Gasteiger partial charge on any atom is 0.254 e. The number of carbonyl (C=O) groups excluding carboxylic acids is 2. The van der Waals surface area contributed by atoms with Crippen molar-refractivity contribution >= 4 is 11.8 Å². The van der Waals surface area contributed by atoms with E-state index in [2.05, 4.69) is 0 Å². The van der Waals surface area contributed by atoms with Crippen molar-refractivity contribution in [1.82, 2.24) is 4.90 Å². The molecule has 0 fully saturated rings. The first-order chi connectivity index (χ1) is 8.99. The molecular weight excluding hydrogens is 248 g/mol. The zero-order valence-corrected chi connectivity index (χ0v) is 10.3. The van der Waals surface area contributed by atoms with Gasteiger partial charge < -0.3 is 20.8 Å². The molecule has 1 atom stereocenters. The lowest BCUT2D eigenvalue weighted by atomic mass is 10.1. The molecular formula is C13H16N2O4. The van der Waals surface area contributed by atoms with E-state index in [-0.39, 0.29) is 18.7 Å². The van der Waals surface area contributed by atoms with E-state index in [1.54, 1.807) is 12.1 Å². The molecule has 4 N–H and O–H groups in total. The third-order valence-electron chi connectivity index (χ3n) is 3.21. The maximum atomic E-state index is 12.2. The molecule has 2 rings (SSSR count). The van der Waals surface area contributed by atoms with E-state index in [1.807, 2.05) is 12.1 Å². The monoisotopic (exact) mass is 264 g/mol. The molecule has 19 heavy (non-hydrogen) atoms.